The first-order valence-corrected chi connectivity index (χ1v) is 32.3. The van der Waals surface area contributed by atoms with Crippen LogP contribution in [0.4, 0.5) is 10.5 Å². The van der Waals surface area contributed by atoms with E-state index in [0.717, 1.165) is 5.56 Å². The van der Waals surface area contributed by atoms with Crippen molar-refractivity contribution in [2.24, 2.45) is 41.4 Å². The quantitative estimate of drug-likeness (QED) is 0.0245. The fourth-order valence-corrected chi connectivity index (χ4v) is 12.9. The van der Waals surface area contributed by atoms with Crippen LogP contribution >= 0.6 is 11.8 Å². The molecule has 2 heterocycles. The van der Waals surface area contributed by atoms with Crippen LogP contribution in [0.5, 0.6) is 0 Å². The molecule has 87 heavy (non-hydrogen) atoms. The highest BCUT2D eigenvalue weighted by Crippen LogP contribution is 2.33. The van der Waals surface area contributed by atoms with E-state index in [1.54, 1.807) is 48.0 Å². The lowest BCUT2D eigenvalue weighted by Gasteiger charge is -2.41. The molecule has 4 rings (SSSR count). The molecule has 11 atom stereocenters. The molecule has 0 aromatic heterocycles. The number of nitrogens with zero attached hydrogens (tertiary/aromatic N) is 4. The average Bonchev–Trinajstić information content (AvgIpc) is 2.65. The molecule has 2 fully saturated rings. The number of amides is 5. The monoisotopic (exact) mass is 1230 g/mol. The largest absolute Gasteiger partial charge is 0.481 e. The van der Waals surface area contributed by atoms with Crippen molar-refractivity contribution in [2.45, 2.75) is 188 Å². The Kier molecular flexibility index (Phi) is 30.2. The second-order valence-electron chi connectivity index (χ2n) is 24.7. The van der Waals surface area contributed by atoms with Crippen LogP contribution < -0.4 is 10.6 Å². The first-order chi connectivity index (χ1) is 41.2. The minimum absolute atomic E-state index is 0.0738. The van der Waals surface area contributed by atoms with Crippen molar-refractivity contribution in [2.75, 3.05) is 59.6 Å². The lowest BCUT2D eigenvalue weighted by Crippen LogP contribution is -2.54. The minimum atomic E-state index is -1.06. The number of likely N-dealkylation sites (tertiary alicyclic amines) is 2. The summed E-state index contributed by atoms with van der Waals surface area (Å²) in [7, 11) is 6.21. The van der Waals surface area contributed by atoms with Crippen LogP contribution in [0, 0.1) is 41.4 Å². The number of hydrogen-bond donors (Lipinski definition) is 3. The zero-order valence-corrected chi connectivity index (χ0v) is 54.9. The summed E-state index contributed by atoms with van der Waals surface area (Å²) in [6, 6.07) is 13.6. The number of imide groups is 1. The second-order valence-corrected chi connectivity index (χ2v) is 25.8. The third-order valence-corrected chi connectivity index (χ3v) is 18.5. The molecule has 1 unspecified atom stereocenters. The molecule has 0 aliphatic carbocycles. The summed E-state index contributed by atoms with van der Waals surface area (Å²) in [4.78, 5) is 140. The van der Waals surface area contributed by atoms with Crippen LogP contribution in [-0.2, 0) is 70.4 Å². The Hall–Kier alpha value is -6.03. The van der Waals surface area contributed by atoms with Crippen molar-refractivity contribution in [1.82, 2.24) is 24.9 Å². The van der Waals surface area contributed by atoms with Crippen LogP contribution in [0.3, 0.4) is 0 Å². The van der Waals surface area contributed by atoms with Crippen LogP contribution in [0.1, 0.15) is 144 Å². The van der Waals surface area contributed by atoms with Gasteiger partial charge in [0.1, 0.15) is 12.4 Å². The Morgan fingerprint density at radius 1 is 0.782 bits per heavy atom. The van der Waals surface area contributed by atoms with Crippen molar-refractivity contribution >= 4 is 76.3 Å². The maximum absolute atomic E-state index is 14.8. The molecule has 3 N–H and O–H groups in total. The van der Waals surface area contributed by atoms with Gasteiger partial charge in [-0.15, -0.1) is 0 Å². The number of ketones is 4. The van der Waals surface area contributed by atoms with Crippen molar-refractivity contribution < 1.29 is 67.3 Å². The van der Waals surface area contributed by atoms with E-state index in [0.29, 0.717) is 62.9 Å². The van der Waals surface area contributed by atoms with Gasteiger partial charge in [-0.2, -0.15) is 11.8 Å². The second kappa shape index (κ2) is 35.8. The lowest BCUT2D eigenvalue weighted by molar-refractivity contribution is -0.149. The number of unbranched alkanes of at least 4 members (excludes halogenated alkanes) is 2. The predicted molar refractivity (Wildman–Crippen MR) is 335 cm³/mol. The molecule has 0 radical (unpaired) electrons. The van der Waals surface area contributed by atoms with Crippen LogP contribution in [-0.4, -0.2) is 179 Å². The zero-order chi connectivity index (χ0) is 64.8. The fourth-order valence-electron chi connectivity index (χ4n) is 12.2. The number of thioether (sulfide) groups is 1. The highest BCUT2D eigenvalue weighted by Gasteiger charge is 2.44. The maximum atomic E-state index is 14.8. The van der Waals surface area contributed by atoms with Gasteiger partial charge in [0.05, 0.1) is 60.6 Å². The van der Waals surface area contributed by atoms with Crippen LogP contribution in [0.2, 0.25) is 0 Å². The molecular weight excluding hydrogens is 1130 g/mol. The summed E-state index contributed by atoms with van der Waals surface area (Å²) in [5.41, 5.74) is 2.20. The van der Waals surface area contributed by atoms with Gasteiger partial charge in [0.2, 0.25) is 29.4 Å². The number of Topliss-reactive ketones (excluding diaryl/α,β-unsaturated/α-hetero) is 4. The van der Waals surface area contributed by atoms with Gasteiger partial charge in [-0.3, -0.25) is 53.4 Å². The SMILES string of the molecule is CC[C@H](C)[C@@H]([C@@H](CC(=O)N1CCC[C@H]1[C@H](OC)[C@@H](C)C(=O)C[C@@H](Cc1ccccc1)C(=O)O)OC)N(C)C(=O)[C@@H](CC(=O)[C@H](C(C)C)N(C)C(=O)OCc1ccc(NCN[C@H](C(=O)C(=O)CCCCCN2C(=O)CC(SC)C2=O)C(C)C)cc1)C(C)C. The molecule has 21 heteroatoms. The summed E-state index contributed by atoms with van der Waals surface area (Å²) in [5, 5.41) is 16.1. The first-order valence-electron chi connectivity index (χ1n) is 31.1. The number of carbonyl (C=O) groups excluding carboxylic acids is 9. The minimum Gasteiger partial charge on any atom is -0.481 e. The summed E-state index contributed by atoms with van der Waals surface area (Å²) in [5.74, 6) is -6.78. The number of aliphatic carboxylic acids is 1. The van der Waals surface area contributed by atoms with Gasteiger partial charge in [-0.05, 0) is 85.3 Å². The number of carboxylic acids is 1. The number of benzene rings is 2. The number of ether oxygens (including phenoxy) is 3. The van der Waals surface area contributed by atoms with Crippen molar-refractivity contribution in [3.8, 4) is 0 Å². The number of likely N-dealkylation sites (N-methyl/N-ethyl adjacent to an activating group) is 2. The Balaban J connectivity index is 1.32. The molecule has 2 saturated heterocycles. The van der Waals surface area contributed by atoms with Crippen molar-refractivity contribution in [3.63, 3.8) is 0 Å². The number of rotatable bonds is 39. The van der Waals surface area contributed by atoms with Gasteiger partial charge in [0.15, 0.2) is 11.6 Å². The molecule has 2 aliphatic rings. The molecule has 0 bridgehead atoms. The van der Waals surface area contributed by atoms with E-state index < -0.39 is 77.8 Å². The van der Waals surface area contributed by atoms with Crippen molar-refractivity contribution in [3.05, 3.63) is 65.7 Å². The number of anilines is 1. The Morgan fingerprint density at radius 2 is 1.45 bits per heavy atom. The summed E-state index contributed by atoms with van der Waals surface area (Å²) >= 11 is 1.37. The van der Waals surface area contributed by atoms with E-state index in [1.165, 1.54) is 42.8 Å². The van der Waals surface area contributed by atoms with Gasteiger partial charge < -0.3 is 39.3 Å². The molecule has 2 aliphatic heterocycles. The van der Waals surface area contributed by atoms with Crippen LogP contribution in [0.25, 0.3) is 0 Å². The number of nitrogens with one attached hydrogen (secondary N) is 2. The Bertz CT molecular complexity index is 2620. The van der Waals surface area contributed by atoms with Gasteiger partial charge >= 0.3 is 12.1 Å². The van der Waals surface area contributed by atoms with Gasteiger partial charge in [0, 0.05) is 84.6 Å². The van der Waals surface area contributed by atoms with E-state index in [2.05, 4.69) is 10.6 Å². The normalized spacial score (nSPS) is 18.4. The number of methoxy groups -OCH3 is 2. The smallest absolute Gasteiger partial charge is 0.410 e. The fraction of sp³-hybridized carbons (Fsp3) is 0.667. The Morgan fingerprint density at radius 3 is 2.01 bits per heavy atom. The van der Waals surface area contributed by atoms with Crippen molar-refractivity contribution in [1.29, 1.82) is 0 Å². The number of carboxylic acid groups (broad SMARTS) is 1. The third kappa shape index (κ3) is 20.8. The molecule has 2 aromatic carbocycles. The molecule has 20 nitrogen and oxygen atoms in total. The molecule has 0 spiro atoms. The maximum Gasteiger partial charge on any atom is 0.410 e. The van der Waals surface area contributed by atoms with E-state index in [-0.39, 0.29) is 116 Å². The Labute approximate surface area is 520 Å². The van der Waals surface area contributed by atoms with Gasteiger partial charge in [-0.25, -0.2) is 4.79 Å². The molecule has 0 saturated carbocycles. The molecule has 2 aromatic rings. The summed E-state index contributed by atoms with van der Waals surface area (Å²) < 4.78 is 17.8. The average molecular weight is 1230 g/mol. The van der Waals surface area contributed by atoms with Crippen LogP contribution in [0.15, 0.2) is 54.6 Å². The first kappa shape index (κ1) is 73.4. The topological polar surface area (TPSA) is 256 Å². The number of hydrogen-bond acceptors (Lipinski definition) is 16. The highest BCUT2D eigenvalue weighted by molar-refractivity contribution is 8.00. The highest BCUT2D eigenvalue weighted by atomic mass is 32.2. The molecular formula is C66H100N6O14S. The number of carbonyl (C=O) groups is 10. The van der Waals surface area contributed by atoms with E-state index in [1.807, 2.05) is 92.0 Å². The molecule has 5 amide bonds. The third-order valence-electron chi connectivity index (χ3n) is 17.6. The summed E-state index contributed by atoms with van der Waals surface area (Å²) in [6.45, 7) is 17.7. The van der Waals surface area contributed by atoms with E-state index >= 15 is 0 Å². The molecule has 484 valence electrons. The lowest BCUT2D eigenvalue weighted by atomic mass is 9.83. The van der Waals surface area contributed by atoms with Gasteiger partial charge in [-0.1, -0.05) is 118 Å². The zero-order valence-electron chi connectivity index (χ0n) is 54.0. The van der Waals surface area contributed by atoms with E-state index in [9.17, 15) is 53.1 Å². The van der Waals surface area contributed by atoms with Gasteiger partial charge in [0.25, 0.3) is 0 Å². The van der Waals surface area contributed by atoms with E-state index in [4.69, 9.17) is 14.2 Å². The standard InChI is InChI=1S/C66H100N6O14S/c1-15-43(8)60(54(84-12)36-56(76)71-32-22-25-50(71)62(85-13)44(9)52(74)34-47(65(81)82)33-45-23-18-16-19-24-45)69(10)63(79)49(40(2)3)35-53(75)59(42(6)7)70(11)66(83)86-38-46-27-29-48(30-28-46)67-39-68-58(41(4)5)61(78)51(73)26-20-17-21-31-72-57(77)37-55(87-14)64(72)80/h16,18-19,23-24,27-30,40-44,47,49-50,54-55,58-60,62,67-68H,15,17,20-22,25-26,31-39H2,1-14H3,(H,81,82)/t43-,44-,47+,49-,50-,54+,55?,58-,59-,60-,62+/m0/s1. The summed E-state index contributed by atoms with van der Waals surface area (Å²) in [6.07, 6.45) is 3.28. The predicted octanol–water partition coefficient (Wildman–Crippen LogP) is 8.51.